The molecule has 4 aromatic rings. The van der Waals surface area contributed by atoms with Crippen molar-refractivity contribution in [2.45, 2.75) is 44.6 Å². The van der Waals surface area contributed by atoms with Crippen molar-refractivity contribution in [1.82, 2.24) is 0 Å². The minimum absolute atomic E-state index is 0.0557. The molecule has 1 amide bonds. The maximum Gasteiger partial charge on any atom is 0.240 e. The van der Waals surface area contributed by atoms with Crippen molar-refractivity contribution < 1.29 is 19.0 Å². The fraction of sp³-hybridized carbons (Fsp3) is 0.286. The van der Waals surface area contributed by atoms with E-state index >= 15 is 0 Å². The average Bonchev–Trinajstić information content (AvgIpc) is 3.24. The van der Waals surface area contributed by atoms with Crippen LogP contribution in [0.1, 0.15) is 55.9 Å². The van der Waals surface area contributed by atoms with Gasteiger partial charge in [0, 0.05) is 29.2 Å². The zero-order valence-electron chi connectivity index (χ0n) is 23.4. The van der Waals surface area contributed by atoms with Crippen LogP contribution < -0.4 is 19.5 Å². The molecule has 6 rings (SSSR count). The first-order valence-corrected chi connectivity index (χ1v) is 14.1. The van der Waals surface area contributed by atoms with E-state index in [-0.39, 0.29) is 17.7 Å². The average molecular weight is 534 g/mol. The van der Waals surface area contributed by atoms with Crippen molar-refractivity contribution in [3.63, 3.8) is 0 Å². The molecule has 2 heterocycles. The molecule has 0 saturated carbocycles. The van der Waals surface area contributed by atoms with Crippen LogP contribution in [0.15, 0.2) is 97.1 Å². The lowest BCUT2D eigenvalue weighted by Gasteiger charge is -2.53. The van der Waals surface area contributed by atoms with Crippen molar-refractivity contribution in [2.75, 3.05) is 18.5 Å². The Kier molecular flexibility index (Phi) is 6.53. The van der Waals surface area contributed by atoms with Crippen molar-refractivity contribution in [3.8, 4) is 17.2 Å². The molecule has 0 fully saturated rings. The summed E-state index contributed by atoms with van der Waals surface area (Å²) >= 11 is 0. The second kappa shape index (κ2) is 10.1. The van der Waals surface area contributed by atoms with Gasteiger partial charge in [-0.3, -0.25) is 4.79 Å². The number of para-hydroxylation sites is 1. The van der Waals surface area contributed by atoms with Gasteiger partial charge < -0.3 is 19.5 Å². The van der Waals surface area contributed by atoms with Gasteiger partial charge in [0.2, 0.25) is 5.91 Å². The van der Waals surface area contributed by atoms with Crippen LogP contribution in [0.3, 0.4) is 0 Å². The molecule has 2 aliphatic rings. The first-order valence-electron chi connectivity index (χ1n) is 14.1. The lowest BCUT2D eigenvalue weighted by Crippen LogP contribution is -2.59. The van der Waals surface area contributed by atoms with E-state index in [0.717, 1.165) is 27.9 Å². The van der Waals surface area contributed by atoms with Crippen molar-refractivity contribution in [1.29, 1.82) is 0 Å². The summed E-state index contributed by atoms with van der Waals surface area (Å²) in [6.07, 6.45) is 0. The molecule has 0 aromatic heterocycles. The SMILES string of the molecule is CCOc1cc2c(cc1OCC)[C@@]1(C(=O)Nc3ccccc31)C(C(c1ccccc1)c1ccccc1)C(C)(C)O2. The van der Waals surface area contributed by atoms with Gasteiger partial charge in [0.15, 0.2) is 11.5 Å². The summed E-state index contributed by atoms with van der Waals surface area (Å²) in [5.41, 5.74) is 3.02. The van der Waals surface area contributed by atoms with Crippen LogP contribution in [0.5, 0.6) is 17.2 Å². The highest BCUT2D eigenvalue weighted by molar-refractivity contribution is 6.10. The number of carbonyl (C=O) groups excluding carboxylic acids is 1. The predicted molar refractivity (Wildman–Crippen MR) is 158 cm³/mol. The normalized spacial score (nSPS) is 20.4. The molecule has 2 atom stereocenters. The first-order chi connectivity index (χ1) is 19.4. The van der Waals surface area contributed by atoms with Gasteiger partial charge in [0.25, 0.3) is 0 Å². The fourth-order valence-corrected chi connectivity index (χ4v) is 6.91. The van der Waals surface area contributed by atoms with E-state index in [1.165, 1.54) is 0 Å². The summed E-state index contributed by atoms with van der Waals surface area (Å²) in [6.45, 7) is 9.07. The Bertz CT molecular complexity index is 1490. The van der Waals surface area contributed by atoms with Crippen molar-refractivity contribution >= 4 is 11.6 Å². The van der Waals surface area contributed by atoms with Crippen LogP contribution in [0.25, 0.3) is 0 Å². The summed E-state index contributed by atoms with van der Waals surface area (Å²) in [4.78, 5) is 14.7. The Labute approximate surface area is 236 Å². The quantitative estimate of drug-likeness (QED) is 0.270. The minimum Gasteiger partial charge on any atom is -0.490 e. The second-order valence-electron chi connectivity index (χ2n) is 11.0. The van der Waals surface area contributed by atoms with E-state index in [4.69, 9.17) is 14.2 Å². The molecule has 1 unspecified atom stereocenters. The Morgan fingerprint density at radius 2 is 1.32 bits per heavy atom. The molecule has 0 bridgehead atoms. The largest absolute Gasteiger partial charge is 0.490 e. The van der Waals surface area contributed by atoms with Crippen LogP contribution in [0.4, 0.5) is 5.69 Å². The van der Waals surface area contributed by atoms with E-state index in [2.05, 4.69) is 73.8 Å². The number of benzene rings is 4. The number of amides is 1. The number of rotatable bonds is 7. The van der Waals surface area contributed by atoms with Crippen molar-refractivity contribution in [2.24, 2.45) is 5.92 Å². The molecule has 40 heavy (non-hydrogen) atoms. The van der Waals surface area contributed by atoms with Gasteiger partial charge in [0.05, 0.1) is 13.2 Å². The summed E-state index contributed by atoms with van der Waals surface area (Å²) < 4.78 is 19.0. The molecule has 0 aliphatic carbocycles. The second-order valence-corrected chi connectivity index (χ2v) is 11.0. The summed E-state index contributed by atoms with van der Waals surface area (Å²) in [6, 6.07) is 32.8. The maximum absolute atomic E-state index is 14.7. The highest BCUT2D eigenvalue weighted by Gasteiger charge is 2.65. The van der Waals surface area contributed by atoms with Crippen LogP contribution in [0.2, 0.25) is 0 Å². The van der Waals surface area contributed by atoms with E-state index in [0.29, 0.717) is 30.5 Å². The zero-order valence-corrected chi connectivity index (χ0v) is 23.4. The molecule has 4 aromatic carbocycles. The highest BCUT2D eigenvalue weighted by atomic mass is 16.5. The number of anilines is 1. The minimum atomic E-state index is -1.05. The van der Waals surface area contributed by atoms with Gasteiger partial charge in [-0.25, -0.2) is 0 Å². The van der Waals surface area contributed by atoms with E-state index in [1.807, 2.05) is 56.3 Å². The van der Waals surface area contributed by atoms with Crippen LogP contribution in [-0.2, 0) is 10.2 Å². The van der Waals surface area contributed by atoms with Gasteiger partial charge >= 0.3 is 0 Å². The predicted octanol–water partition coefficient (Wildman–Crippen LogP) is 7.34. The van der Waals surface area contributed by atoms with Gasteiger partial charge in [-0.2, -0.15) is 0 Å². The molecule has 204 valence electrons. The van der Waals surface area contributed by atoms with Crippen LogP contribution >= 0.6 is 0 Å². The molecule has 1 N–H and O–H groups in total. The molecule has 2 aliphatic heterocycles. The number of carbonyl (C=O) groups is 1. The van der Waals surface area contributed by atoms with Crippen LogP contribution in [0, 0.1) is 5.92 Å². The van der Waals surface area contributed by atoms with Gasteiger partial charge in [-0.1, -0.05) is 78.9 Å². The topological polar surface area (TPSA) is 56.8 Å². The Hall–Kier alpha value is -4.25. The monoisotopic (exact) mass is 533 g/mol. The number of hydrogen-bond donors (Lipinski definition) is 1. The lowest BCUT2D eigenvalue weighted by molar-refractivity contribution is -0.127. The van der Waals surface area contributed by atoms with E-state index in [1.54, 1.807) is 0 Å². The standard InChI is InChI=1S/C35H35NO4/c1-5-38-29-21-26-28(22-30(29)39-6-2)40-34(3,4)32(35(26)25-19-13-14-20-27(25)36-33(35)37)31(23-15-9-7-10-16-23)24-17-11-8-12-18-24/h7-22,31-32H,5-6H2,1-4H3,(H,36,37)/t32?,35-/m1/s1. The van der Waals surface area contributed by atoms with Crippen LogP contribution in [-0.4, -0.2) is 24.7 Å². The molecule has 5 heteroatoms. The van der Waals surface area contributed by atoms with E-state index < -0.39 is 11.0 Å². The number of hydrogen-bond acceptors (Lipinski definition) is 4. The third-order valence-electron chi connectivity index (χ3n) is 8.27. The Morgan fingerprint density at radius 1 is 0.775 bits per heavy atom. The fourth-order valence-electron chi connectivity index (χ4n) is 6.91. The highest BCUT2D eigenvalue weighted by Crippen LogP contribution is 2.63. The Morgan fingerprint density at radius 3 is 1.93 bits per heavy atom. The zero-order chi connectivity index (χ0) is 27.9. The molecule has 0 radical (unpaired) electrons. The molecule has 1 spiro atoms. The lowest BCUT2D eigenvalue weighted by atomic mass is 9.54. The molecule has 5 nitrogen and oxygen atoms in total. The summed E-state index contributed by atoms with van der Waals surface area (Å²) in [7, 11) is 0. The van der Waals surface area contributed by atoms with Crippen molar-refractivity contribution in [3.05, 3.63) is 119 Å². The third kappa shape index (κ3) is 3.95. The van der Waals surface area contributed by atoms with Gasteiger partial charge in [-0.15, -0.1) is 0 Å². The van der Waals surface area contributed by atoms with Gasteiger partial charge in [0.1, 0.15) is 16.8 Å². The molecular weight excluding hydrogens is 498 g/mol. The first kappa shape index (κ1) is 26.0. The number of ether oxygens (including phenoxy) is 3. The summed E-state index contributed by atoms with van der Waals surface area (Å²) in [5, 5.41) is 3.25. The van der Waals surface area contributed by atoms with Gasteiger partial charge in [-0.05, 0) is 56.5 Å². The molecule has 0 saturated heterocycles. The number of fused-ring (bicyclic) bond motifs is 4. The third-order valence-corrected chi connectivity index (χ3v) is 8.27. The Balaban J connectivity index is 1.72. The summed E-state index contributed by atoms with van der Waals surface area (Å²) in [5.74, 6) is 1.34. The maximum atomic E-state index is 14.7. The number of nitrogens with one attached hydrogen (secondary N) is 1. The molecular formula is C35H35NO4. The smallest absolute Gasteiger partial charge is 0.240 e. The van der Waals surface area contributed by atoms with E-state index in [9.17, 15) is 4.79 Å².